The number of benzene rings is 2. The molecule has 0 amide bonds. The van der Waals surface area contributed by atoms with E-state index in [0.717, 1.165) is 5.56 Å². The molecule has 0 bridgehead atoms. The molecule has 3 N–H and O–H groups in total. The van der Waals surface area contributed by atoms with Crippen molar-refractivity contribution in [2.24, 2.45) is 0 Å². The van der Waals surface area contributed by atoms with E-state index in [-0.39, 0.29) is 17.9 Å². The van der Waals surface area contributed by atoms with Crippen LogP contribution in [0, 0.1) is 6.92 Å². The molecule has 0 saturated carbocycles. The molecule has 0 aliphatic carbocycles. The Bertz CT molecular complexity index is 830. The van der Waals surface area contributed by atoms with Crippen molar-refractivity contribution in [1.29, 1.82) is 0 Å². The zero-order chi connectivity index (χ0) is 17.7. The second kappa shape index (κ2) is 7.35. The molecule has 0 aliphatic heterocycles. The lowest BCUT2D eigenvalue weighted by Crippen LogP contribution is -2.17. The van der Waals surface area contributed by atoms with Gasteiger partial charge in [-0.1, -0.05) is 23.8 Å². The Morgan fingerprint density at radius 2 is 1.83 bits per heavy atom. The number of nitrogen functional groups attached to an aromatic ring is 1. The highest BCUT2D eigenvalue weighted by atomic mass is 32.2. The third-order valence-electron chi connectivity index (χ3n) is 3.32. The monoisotopic (exact) mass is 348 g/mol. The molecule has 2 aromatic rings. The van der Waals surface area contributed by atoms with Crippen LogP contribution in [0.15, 0.2) is 47.4 Å². The van der Waals surface area contributed by atoms with Gasteiger partial charge in [0.1, 0.15) is 0 Å². The van der Waals surface area contributed by atoms with Gasteiger partial charge in [0, 0.05) is 11.4 Å². The Morgan fingerprint density at radius 1 is 1.17 bits per heavy atom. The number of sulfonamides is 1. The zero-order valence-corrected chi connectivity index (χ0v) is 14.4. The predicted octanol–water partition coefficient (Wildman–Crippen LogP) is 2.48. The highest BCUT2D eigenvalue weighted by Crippen LogP contribution is 2.23. The Morgan fingerprint density at radius 3 is 2.46 bits per heavy atom. The number of carbonyl (C=O) groups is 1. The lowest BCUT2D eigenvalue weighted by atomic mass is 10.1. The van der Waals surface area contributed by atoms with E-state index in [9.17, 15) is 13.2 Å². The van der Waals surface area contributed by atoms with Crippen molar-refractivity contribution in [2.75, 3.05) is 17.1 Å². The van der Waals surface area contributed by atoms with Crippen molar-refractivity contribution in [3.63, 3.8) is 0 Å². The van der Waals surface area contributed by atoms with E-state index in [0.29, 0.717) is 16.9 Å². The molecule has 7 heteroatoms. The Hall–Kier alpha value is -2.54. The molecular weight excluding hydrogens is 328 g/mol. The Kier molecular flexibility index (Phi) is 5.46. The van der Waals surface area contributed by atoms with Gasteiger partial charge >= 0.3 is 5.97 Å². The normalized spacial score (nSPS) is 11.1. The molecule has 0 radical (unpaired) electrons. The second-order valence-corrected chi connectivity index (χ2v) is 6.97. The summed E-state index contributed by atoms with van der Waals surface area (Å²) in [6, 6.07) is 11.4. The fraction of sp³-hybridized carbons (Fsp3) is 0.235. The number of nitrogens with one attached hydrogen (secondary N) is 1. The fourth-order valence-electron chi connectivity index (χ4n) is 2.17. The van der Waals surface area contributed by atoms with Gasteiger partial charge in [0.25, 0.3) is 10.0 Å². The number of esters is 1. The molecule has 24 heavy (non-hydrogen) atoms. The number of ether oxygens (including phenoxy) is 1. The highest BCUT2D eigenvalue weighted by Gasteiger charge is 2.21. The van der Waals surface area contributed by atoms with Gasteiger partial charge in [-0.2, -0.15) is 0 Å². The van der Waals surface area contributed by atoms with E-state index in [1.165, 1.54) is 12.1 Å². The first-order valence-corrected chi connectivity index (χ1v) is 8.93. The van der Waals surface area contributed by atoms with Crippen LogP contribution in [0.2, 0.25) is 0 Å². The van der Waals surface area contributed by atoms with Crippen LogP contribution in [0.4, 0.5) is 11.4 Å². The summed E-state index contributed by atoms with van der Waals surface area (Å²) in [6.45, 7) is 3.84. The molecule has 0 atom stereocenters. The maximum atomic E-state index is 12.7. The van der Waals surface area contributed by atoms with Gasteiger partial charge in [0.15, 0.2) is 0 Å². The SMILES string of the molecule is CCOC(=O)Cc1ccc(N)cc1S(=O)(=O)Nc1ccc(C)cc1. The summed E-state index contributed by atoms with van der Waals surface area (Å²) < 4.78 is 32.7. The highest BCUT2D eigenvalue weighted by molar-refractivity contribution is 7.92. The predicted molar refractivity (Wildman–Crippen MR) is 93.2 cm³/mol. The first kappa shape index (κ1) is 17.8. The van der Waals surface area contributed by atoms with Gasteiger partial charge in [0.05, 0.1) is 17.9 Å². The molecule has 0 heterocycles. The van der Waals surface area contributed by atoms with Crippen LogP contribution in [-0.2, 0) is 26.0 Å². The molecule has 2 aromatic carbocycles. The number of carbonyl (C=O) groups excluding carboxylic acids is 1. The third kappa shape index (κ3) is 4.48. The van der Waals surface area contributed by atoms with Crippen molar-refractivity contribution in [1.82, 2.24) is 0 Å². The van der Waals surface area contributed by atoms with Gasteiger partial charge in [-0.15, -0.1) is 0 Å². The van der Waals surface area contributed by atoms with Crippen LogP contribution < -0.4 is 10.5 Å². The molecule has 0 unspecified atom stereocenters. The molecule has 0 spiro atoms. The molecule has 128 valence electrons. The van der Waals surface area contributed by atoms with Crippen molar-refractivity contribution in [2.45, 2.75) is 25.2 Å². The number of hydrogen-bond acceptors (Lipinski definition) is 5. The molecule has 0 saturated heterocycles. The molecule has 0 fully saturated rings. The number of hydrogen-bond donors (Lipinski definition) is 2. The van der Waals surface area contributed by atoms with E-state index in [1.54, 1.807) is 37.3 Å². The van der Waals surface area contributed by atoms with Crippen LogP contribution in [0.3, 0.4) is 0 Å². The van der Waals surface area contributed by atoms with E-state index in [1.807, 2.05) is 6.92 Å². The largest absolute Gasteiger partial charge is 0.466 e. The minimum absolute atomic E-state index is 0.0314. The Labute approximate surface area is 141 Å². The summed E-state index contributed by atoms with van der Waals surface area (Å²) in [6.07, 6.45) is -0.141. The standard InChI is InChI=1S/C17H20N2O4S/c1-3-23-17(20)10-13-6-7-14(18)11-16(13)24(21,22)19-15-8-4-12(2)5-9-15/h4-9,11,19H,3,10,18H2,1-2H3. The van der Waals surface area contributed by atoms with Gasteiger partial charge in [-0.25, -0.2) is 8.42 Å². The molecular formula is C17H20N2O4S. The summed E-state index contributed by atoms with van der Waals surface area (Å²) in [7, 11) is -3.88. The van der Waals surface area contributed by atoms with E-state index in [4.69, 9.17) is 10.5 Å². The molecule has 6 nitrogen and oxygen atoms in total. The van der Waals surface area contributed by atoms with Crippen LogP contribution in [0.25, 0.3) is 0 Å². The van der Waals surface area contributed by atoms with E-state index in [2.05, 4.69) is 4.72 Å². The number of nitrogens with two attached hydrogens (primary N) is 1. The Balaban J connectivity index is 2.35. The van der Waals surface area contributed by atoms with Crippen LogP contribution in [0.5, 0.6) is 0 Å². The smallest absolute Gasteiger partial charge is 0.310 e. The number of rotatable bonds is 6. The fourth-order valence-corrected chi connectivity index (χ4v) is 3.50. The first-order valence-electron chi connectivity index (χ1n) is 7.45. The average Bonchev–Trinajstić information content (AvgIpc) is 2.51. The quantitative estimate of drug-likeness (QED) is 0.617. The van der Waals surface area contributed by atoms with Crippen molar-refractivity contribution in [3.05, 3.63) is 53.6 Å². The number of anilines is 2. The van der Waals surface area contributed by atoms with Gasteiger partial charge in [-0.05, 0) is 43.7 Å². The van der Waals surface area contributed by atoms with Crippen molar-refractivity contribution in [3.8, 4) is 0 Å². The van der Waals surface area contributed by atoms with Gasteiger partial charge < -0.3 is 10.5 Å². The first-order chi connectivity index (χ1) is 11.3. The molecule has 0 aromatic heterocycles. The van der Waals surface area contributed by atoms with E-state index >= 15 is 0 Å². The molecule has 2 rings (SSSR count). The zero-order valence-electron chi connectivity index (χ0n) is 13.6. The lowest BCUT2D eigenvalue weighted by molar-refractivity contribution is -0.142. The third-order valence-corrected chi connectivity index (χ3v) is 4.79. The summed E-state index contributed by atoms with van der Waals surface area (Å²) in [5, 5.41) is 0. The van der Waals surface area contributed by atoms with E-state index < -0.39 is 16.0 Å². The maximum Gasteiger partial charge on any atom is 0.310 e. The molecule has 0 aliphatic rings. The van der Waals surface area contributed by atoms with Crippen molar-refractivity contribution < 1.29 is 17.9 Å². The van der Waals surface area contributed by atoms with Crippen molar-refractivity contribution >= 4 is 27.4 Å². The minimum atomic E-state index is -3.88. The van der Waals surface area contributed by atoms with Crippen LogP contribution in [0.1, 0.15) is 18.1 Å². The lowest BCUT2D eigenvalue weighted by Gasteiger charge is -2.13. The second-order valence-electron chi connectivity index (χ2n) is 5.32. The number of aryl methyl sites for hydroxylation is 1. The summed E-state index contributed by atoms with van der Waals surface area (Å²) in [5.41, 5.74) is 7.81. The topological polar surface area (TPSA) is 98.5 Å². The summed E-state index contributed by atoms with van der Waals surface area (Å²) in [5.74, 6) is -0.492. The summed E-state index contributed by atoms with van der Waals surface area (Å²) in [4.78, 5) is 11.7. The van der Waals surface area contributed by atoms with Crippen LogP contribution in [-0.4, -0.2) is 21.0 Å². The summed E-state index contributed by atoms with van der Waals surface area (Å²) >= 11 is 0. The maximum absolute atomic E-state index is 12.7. The van der Waals surface area contributed by atoms with Gasteiger partial charge in [-0.3, -0.25) is 9.52 Å². The average molecular weight is 348 g/mol. The van der Waals surface area contributed by atoms with Crippen LogP contribution >= 0.6 is 0 Å². The minimum Gasteiger partial charge on any atom is -0.466 e. The van der Waals surface area contributed by atoms with Gasteiger partial charge in [0.2, 0.25) is 0 Å².